The van der Waals surface area contributed by atoms with Gasteiger partial charge in [0.2, 0.25) is 5.91 Å². The smallest absolute Gasteiger partial charge is 0.227 e. The number of aliphatic imine (C=N–C) groups is 1. The molecule has 0 atom stereocenters. The summed E-state index contributed by atoms with van der Waals surface area (Å²) in [5, 5.41) is 7.44. The van der Waals surface area contributed by atoms with Gasteiger partial charge in [0.05, 0.1) is 17.9 Å². The predicted molar refractivity (Wildman–Crippen MR) is 92.3 cm³/mol. The topological polar surface area (TPSA) is 88.5 Å². The molecule has 1 aliphatic rings. The second kappa shape index (κ2) is 7.02. The number of nitrogens with one attached hydrogen (secondary N) is 1. The highest BCUT2D eigenvalue weighted by molar-refractivity contribution is 5.91. The molecule has 0 radical (unpaired) electrons. The molecule has 1 amide bonds. The van der Waals surface area contributed by atoms with E-state index in [1.54, 1.807) is 6.20 Å². The number of carbonyl (C=O) groups excluding carboxylic acids is 1. The Morgan fingerprint density at radius 3 is 2.65 bits per heavy atom. The summed E-state index contributed by atoms with van der Waals surface area (Å²) in [6, 6.07) is 0.318. The minimum atomic E-state index is -0.314. The van der Waals surface area contributed by atoms with E-state index in [4.69, 9.17) is 5.73 Å². The minimum absolute atomic E-state index is 0.224. The minimum Gasteiger partial charge on any atom is -0.370 e. The molecule has 128 valence electrons. The Hall–Kier alpha value is -2.05. The van der Waals surface area contributed by atoms with Gasteiger partial charge in [-0.05, 0) is 19.8 Å². The zero-order valence-electron chi connectivity index (χ0n) is 14.5. The van der Waals surface area contributed by atoms with Crippen LogP contribution in [0.5, 0.6) is 0 Å². The van der Waals surface area contributed by atoms with E-state index < -0.39 is 0 Å². The monoisotopic (exact) mass is 320 g/mol. The quantitative estimate of drug-likeness (QED) is 0.657. The van der Waals surface area contributed by atoms with Crippen LogP contribution in [0.2, 0.25) is 0 Å². The highest BCUT2D eigenvalue weighted by Crippen LogP contribution is 2.26. The van der Waals surface area contributed by atoms with Crippen LogP contribution >= 0.6 is 0 Å². The molecule has 1 aliphatic heterocycles. The van der Waals surface area contributed by atoms with Crippen LogP contribution < -0.4 is 11.1 Å². The van der Waals surface area contributed by atoms with Gasteiger partial charge in [-0.25, -0.2) is 0 Å². The molecule has 3 N–H and O–H groups in total. The Balaban J connectivity index is 1.92. The number of guanidine groups is 1. The number of carbonyl (C=O) groups is 1. The number of likely N-dealkylation sites (tertiary alicyclic amines) is 1. The fourth-order valence-corrected chi connectivity index (χ4v) is 2.77. The summed E-state index contributed by atoms with van der Waals surface area (Å²) in [6.45, 7) is 10.0. The number of nitrogens with two attached hydrogens (primary N) is 1. The lowest BCUT2D eigenvalue weighted by molar-refractivity contribution is -0.140. The fraction of sp³-hybridized carbons (Fsp3) is 0.688. The number of amides is 1. The number of nitrogens with zero attached hydrogens (tertiary/aromatic N) is 4. The average molecular weight is 320 g/mol. The Bertz CT molecular complexity index is 563. The molecule has 2 rings (SSSR count). The van der Waals surface area contributed by atoms with Gasteiger partial charge in [-0.15, -0.1) is 0 Å². The van der Waals surface area contributed by atoms with Crippen molar-refractivity contribution in [3.8, 4) is 0 Å². The number of anilines is 1. The summed E-state index contributed by atoms with van der Waals surface area (Å²) in [5.41, 5.74) is 6.28. The van der Waals surface area contributed by atoms with Gasteiger partial charge >= 0.3 is 0 Å². The highest BCUT2D eigenvalue weighted by atomic mass is 16.2. The van der Waals surface area contributed by atoms with Crippen LogP contribution in [0.4, 0.5) is 5.69 Å². The summed E-state index contributed by atoms with van der Waals surface area (Å²) in [7, 11) is 0. The summed E-state index contributed by atoms with van der Waals surface area (Å²) < 4.78 is 1.96. The first-order chi connectivity index (χ1) is 10.8. The highest BCUT2D eigenvalue weighted by Gasteiger charge is 2.30. The van der Waals surface area contributed by atoms with Crippen LogP contribution in [0, 0.1) is 5.41 Å². The summed E-state index contributed by atoms with van der Waals surface area (Å²) in [4.78, 5) is 18.4. The van der Waals surface area contributed by atoms with E-state index in [0.717, 1.165) is 31.6 Å². The van der Waals surface area contributed by atoms with Gasteiger partial charge in [0.1, 0.15) is 0 Å². The van der Waals surface area contributed by atoms with E-state index in [-0.39, 0.29) is 11.3 Å². The first-order valence-electron chi connectivity index (χ1n) is 8.21. The molecule has 0 aliphatic carbocycles. The van der Waals surface area contributed by atoms with Crippen LogP contribution in [-0.2, 0) is 4.79 Å². The Morgan fingerprint density at radius 1 is 1.43 bits per heavy atom. The van der Waals surface area contributed by atoms with Gasteiger partial charge in [-0.2, -0.15) is 5.10 Å². The first kappa shape index (κ1) is 17.3. The molecular formula is C16H28N6O. The summed E-state index contributed by atoms with van der Waals surface area (Å²) >= 11 is 0. The predicted octanol–water partition coefficient (Wildman–Crippen LogP) is 1.84. The molecule has 0 unspecified atom stereocenters. The van der Waals surface area contributed by atoms with Crippen molar-refractivity contribution < 1.29 is 4.79 Å². The molecule has 7 nitrogen and oxygen atoms in total. The second-order valence-corrected chi connectivity index (χ2v) is 6.97. The molecule has 1 aromatic heterocycles. The molecule has 1 aromatic rings. The number of aromatic nitrogens is 2. The lowest BCUT2D eigenvalue weighted by Gasteiger charge is -2.35. The molecular weight excluding hydrogens is 292 g/mol. The van der Waals surface area contributed by atoms with E-state index in [9.17, 15) is 4.79 Å². The molecule has 7 heteroatoms. The van der Waals surface area contributed by atoms with Crippen LogP contribution in [0.3, 0.4) is 0 Å². The van der Waals surface area contributed by atoms with Gasteiger partial charge < -0.3 is 16.0 Å². The van der Waals surface area contributed by atoms with Crippen molar-refractivity contribution in [2.45, 2.75) is 46.6 Å². The van der Waals surface area contributed by atoms with Crippen molar-refractivity contribution in [1.29, 1.82) is 0 Å². The number of hydrogen-bond donors (Lipinski definition) is 2. The van der Waals surface area contributed by atoms with Gasteiger partial charge in [0, 0.05) is 31.2 Å². The molecule has 0 saturated carbocycles. The first-order valence-corrected chi connectivity index (χ1v) is 8.21. The zero-order chi connectivity index (χ0) is 17.0. The van der Waals surface area contributed by atoms with Crippen molar-refractivity contribution in [3.05, 3.63) is 12.4 Å². The molecule has 23 heavy (non-hydrogen) atoms. The maximum Gasteiger partial charge on any atom is 0.227 e. The van der Waals surface area contributed by atoms with E-state index in [1.807, 2.05) is 43.5 Å². The van der Waals surface area contributed by atoms with Crippen LogP contribution in [0.25, 0.3) is 0 Å². The lowest BCUT2D eigenvalue weighted by Crippen LogP contribution is -2.44. The van der Waals surface area contributed by atoms with Crippen LogP contribution in [0.15, 0.2) is 17.4 Å². The summed E-state index contributed by atoms with van der Waals surface area (Å²) in [5.74, 6) is 0.625. The van der Waals surface area contributed by atoms with Gasteiger partial charge in [0.25, 0.3) is 0 Å². The lowest BCUT2D eigenvalue weighted by atomic mass is 9.93. The van der Waals surface area contributed by atoms with Crippen molar-refractivity contribution in [1.82, 2.24) is 14.7 Å². The average Bonchev–Trinajstić information content (AvgIpc) is 2.94. The third-order valence-corrected chi connectivity index (χ3v) is 3.97. The normalized spacial score (nSPS) is 17.4. The maximum absolute atomic E-state index is 12.3. The zero-order valence-corrected chi connectivity index (χ0v) is 14.5. The third kappa shape index (κ3) is 4.46. The van der Waals surface area contributed by atoms with E-state index >= 15 is 0 Å². The van der Waals surface area contributed by atoms with E-state index in [0.29, 0.717) is 18.5 Å². The van der Waals surface area contributed by atoms with Crippen molar-refractivity contribution in [3.63, 3.8) is 0 Å². The van der Waals surface area contributed by atoms with E-state index in [1.165, 1.54) is 0 Å². The molecule has 2 heterocycles. The van der Waals surface area contributed by atoms with E-state index in [2.05, 4.69) is 15.4 Å². The Labute approximate surface area is 137 Å². The molecule has 0 bridgehead atoms. The van der Waals surface area contributed by atoms with Crippen molar-refractivity contribution >= 4 is 17.6 Å². The SMILES string of the molecule is CCN=C(N)Nc1cnn(C2CCN(C(=O)C(C)(C)C)CC2)c1. The van der Waals surface area contributed by atoms with Crippen LogP contribution in [-0.4, -0.2) is 46.2 Å². The van der Waals surface area contributed by atoms with Gasteiger partial charge in [0.15, 0.2) is 5.96 Å². The maximum atomic E-state index is 12.3. The number of piperidine rings is 1. The molecule has 0 aromatic carbocycles. The fourth-order valence-electron chi connectivity index (χ4n) is 2.77. The molecule has 0 spiro atoms. The number of hydrogen-bond acceptors (Lipinski definition) is 3. The second-order valence-electron chi connectivity index (χ2n) is 6.97. The van der Waals surface area contributed by atoms with Crippen molar-refractivity contribution in [2.24, 2.45) is 16.1 Å². The summed E-state index contributed by atoms with van der Waals surface area (Å²) in [6.07, 6.45) is 5.54. The molecule has 1 fully saturated rings. The largest absolute Gasteiger partial charge is 0.370 e. The molecule has 1 saturated heterocycles. The number of rotatable bonds is 3. The van der Waals surface area contributed by atoms with Crippen LogP contribution in [0.1, 0.15) is 46.6 Å². The Morgan fingerprint density at radius 2 is 2.09 bits per heavy atom. The standard InChI is InChI=1S/C16H28N6O/c1-5-18-15(17)20-12-10-19-22(11-12)13-6-8-21(9-7-13)14(23)16(2,3)4/h10-11,13H,5-9H2,1-4H3,(H3,17,18,20). The van der Waals surface area contributed by atoms with Gasteiger partial charge in [-0.3, -0.25) is 14.5 Å². The third-order valence-electron chi connectivity index (χ3n) is 3.97. The Kier molecular flexibility index (Phi) is 5.28. The van der Waals surface area contributed by atoms with Crippen molar-refractivity contribution in [2.75, 3.05) is 25.0 Å². The van der Waals surface area contributed by atoms with Gasteiger partial charge in [-0.1, -0.05) is 20.8 Å².